The van der Waals surface area contributed by atoms with Gasteiger partial charge in [0, 0.05) is 40.8 Å². The van der Waals surface area contributed by atoms with Crippen molar-refractivity contribution in [2.45, 2.75) is 26.3 Å². The number of thiophene rings is 1. The highest BCUT2D eigenvalue weighted by molar-refractivity contribution is 7.12. The van der Waals surface area contributed by atoms with Crippen molar-refractivity contribution >= 4 is 22.7 Å². The van der Waals surface area contributed by atoms with Crippen molar-refractivity contribution in [3.63, 3.8) is 0 Å². The molecule has 2 nitrogen and oxygen atoms in total. The van der Waals surface area contributed by atoms with Crippen molar-refractivity contribution in [3.8, 4) is 0 Å². The van der Waals surface area contributed by atoms with E-state index in [0.717, 1.165) is 25.9 Å². The fourth-order valence-electron chi connectivity index (χ4n) is 1.49. The second kappa shape index (κ2) is 6.13. The first kappa shape index (κ1) is 11.8. The van der Waals surface area contributed by atoms with E-state index in [9.17, 15) is 0 Å². The maximum Gasteiger partial charge on any atom is 0.0937 e. The van der Waals surface area contributed by atoms with Gasteiger partial charge < -0.3 is 5.32 Å². The largest absolute Gasteiger partial charge is 0.311 e. The summed E-state index contributed by atoms with van der Waals surface area (Å²) < 4.78 is 0. The van der Waals surface area contributed by atoms with E-state index in [4.69, 9.17) is 0 Å². The Hall–Kier alpha value is -0.710. The Labute approximate surface area is 104 Å². The summed E-state index contributed by atoms with van der Waals surface area (Å²) in [7, 11) is 0. The van der Waals surface area contributed by atoms with Crippen LogP contribution in [0.2, 0.25) is 0 Å². The van der Waals surface area contributed by atoms with Crippen molar-refractivity contribution < 1.29 is 0 Å². The monoisotopic (exact) mass is 252 g/mol. The number of aromatic nitrogens is 1. The van der Waals surface area contributed by atoms with Crippen LogP contribution in [0.5, 0.6) is 0 Å². The van der Waals surface area contributed by atoms with Crippen molar-refractivity contribution in [1.82, 2.24) is 10.3 Å². The Morgan fingerprint density at radius 1 is 1.31 bits per heavy atom. The molecule has 2 rings (SSSR count). The van der Waals surface area contributed by atoms with E-state index in [2.05, 4.69) is 29.4 Å². The lowest BCUT2D eigenvalue weighted by atomic mass is 10.3. The third-order valence-electron chi connectivity index (χ3n) is 2.36. The van der Waals surface area contributed by atoms with Gasteiger partial charge >= 0.3 is 0 Å². The van der Waals surface area contributed by atoms with Gasteiger partial charge in [-0.25, -0.2) is 4.98 Å². The van der Waals surface area contributed by atoms with Crippen molar-refractivity contribution in [2.24, 2.45) is 0 Å². The number of rotatable bonds is 6. The van der Waals surface area contributed by atoms with Gasteiger partial charge in [-0.15, -0.1) is 22.7 Å². The fraction of sp³-hybridized carbons (Fsp3) is 0.417. The number of nitrogens with zero attached hydrogens (tertiary/aromatic N) is 1. The van der Waals surface area contributed by atoms with Crippen LogP contribution in [0.15, 0.2) is 23.7 Å². The Balaban J connectivity index is 1.68. The molecule has 0 aliphatic heterocycles. The maximum absolute atomic E-state index is 4.26. The van der Waals surface area contributed by atoms with Gasteiger partial charge in [-0.05, 0) is 18.6 Å². The molecule has 0 aliphatic carbocycles. The molecule has 86 valence electrons. The molecule has 0 atom stereocenters. The molecule has 0 unspecified atom stereocenters. The SMILES string of the molecule is CCc1ccc(CNCCc2nccs2)s1. The minimum absolute atomic E-state index is 0.982. The van der Waals surface area contributed by atoms with Crippen LogP contribution in [0.3, 0.4) is 0 Å². The highest BCUT2D eigenvalue weighted by atomic mass is 32.1. The van der Waals surface area contributed by atoms with Crippen LogP contribution in [0.1, 0.15) is 21.7 Å². The zero-order valence-corrected chi connectivity index (χ0v) is 11.0. The van der Waals surface area contributed by atoms with Crippen LogP contribution in [0.4, 0.5) is 0 Å². The number of aryl methyl sites for hydroxylation is 1. The topological polar surface area (TPSA) is 24.9 Å². The van der Waals surface area contributed by atoms with Crippen LogP contribution < -0.4 is 5.32 Å². The molecule has 2 aromatic rings. The average molecular weight is 252 g/mol. The van der Waals surface area contributed by atoms with Crippen LogP contribution in [-0.4, -0.2) is 11.5 Å². The summed E-state index contributed by atoms with van der Waals surface area (Å²) in [5.41, 5.74) is 0. The highest BCUT2D eigenvalue weighted by Crippen LogP contribution is 2.16. The average Bonchev–Trinajstić information content (AvgIpc) is 2.95. The lowest BCUT2D eigenvalue weighted by Crippen LogP contribution is -2.15. The van der Waals surface area contributed by atoms with Gasteiger partial charge in [0.2, 0.25) is 0 Å². The van der Waals surface area contributed by atoms with E-state index < -0.39 is 0 Å². The van der Waals surface area contributed by atoms with Gasteiger partial charge in [-0.3, -0.25) is 0 Å². The summed E-state index contributed by atoms with van der Waals surface area (Å²) in [6, 6.07) is 4.45. The quantitative estimate of drug-likeness (QED) is 0.799. The van der Waals surface area contributed by atoms with E-state index in [1.807, 2.05) is 22.9 Å². The Kier molecular flexibility index (Phi) is 4.51. The summed E-state index contributed by atoms with van der Waals surface area (Å²) in [6.07, 6.45) is 4.04. The Morgan fingerprint density at radius 2 is 2.19 bits per heavy atom. The molecule has 0 spiro atoms. The molecule has 0 aliphatic rings. The lowest BCUT2D eigenvalue weighted by Gasteiger charge is -2.00. The number of thiazole rings is 1. The first-order valence-electron chi connectivity index (χ1n) is 5.55. The second-order valence-corrected chi connectivity index (χ2v) is 5.81. The minimum Gasteiger partial charge on any atom is -0.311 e. The molecule has 2 heterocycles. The Bertz CT molecular complexity index is 406. The first-order valence-corrected chi connectivity index (χ1v) is 7.24. The van der Waals surface area contributed by atoms with Gasteiger partial charge in [0.15, 0.2) is 0 Å². The highest BCUT2D eigenvalue weighted by Gasteiger charge is 1.99. The third-order valence-corrected chi connectivity index (χ3v) is 4.43. The van der Waals surface area contributed by atoms with E-state index in [1.54, 1.807) is 11.3 Å². The summed E-state index contributed by atoms with van der Waals surface area (Å²) in [5.74, 6) is 0. The van der Waals surface area contributed by atoms with Crippen LogP contribution >= 0.6 is 22.7 Å². The molecule has 0 aromatic carbocycles. The second-order valence-electron chi connectivity index (χ2n) is 3.57. The predicted octanol–water partition coefficient (Wildman–Crippen LogP) is 3.10. The number of hydrogen-bond donors (Lipinski definition) is 1. The number of hydrogen-bond acceptors (Lipinski definition) is 4. The van der Waals surface area contributed by atoms with E-state index in [1.165, 1.54) is 14.8 Å². The molecule has 0 fully saturated rings. The van der Waals surface area contributed by atoms with Crippen LogP contribution in [-0.2, 0) is 19.4 Å². The van der Waals surface area contributed by atoms with E-state index in [0.29, 0.717) is 0 Å². The Morgan fingerprint density at radius 3 is 2.88 bits per heavy atom. The zero-order chi connectivity index (χ0) is 11.2. The minimum atomic E-state index is 0.982. The molecular formula is C12H16N2S2. The smallest absolute Gasteiger partial charge is 0.0937 e. The van der Waals surface area contributed by atoms with Crippen LogP contribution in [0.25, 0.3) is 0 Å². The van der Waals surface area contributed by atoms with Gasteiger partial charge in [0.25, 0.3) is 0 Å². The molecule has 16 heavy (non-hydrogen) atoms. The molecule has 0 saturated carbocycles. The van der Waals surface area contributed by atoms with Gasteiger partial charge in [0.1, 0.15) is 0 Å². The molecule has 2 aromatic heterocycles. The molecule has 0 saturated heterocycles. The summed E-state index contributed by atoms with van der Waals surface area (Å²) in [5, 5.41) is 6.70. The molecule has 0 bridgehead atoms. The normalized spacial score (nSPS) is 10.8. The zero-order valence-electron chi connectivity index (χ0n) is 9.40. The lowest BCUT2D eigenvalue weighted by molar-refractivity contribution is 0.692. The standard InChI is InChI=1S/C12H16N2S2/c1-2-10-3-4-11(16-10)9-13-6-5-12-14-7-8-15-12/h3-4,7-8,13H,2,5-6,9H2,1H3. The van der Waals surface area contributed by atoms with Crippen molar-refractivity contribution in [2.75, 3.05) is 6.54 Å². The molecule has 4 heteroatoms. The fourth-order valence-corrected chi connectivity index (χ4v) is 3.04. The summed E-state index contributed by atoms with van der Waals surface area (Å²) in [4.78, 5) is 7.16. The first-order chi connectivity index (χ1) is 7.88. The predicted molar refractivity (Wildman–Crippen MR) is 71.2 cm³/mol. The maximum atomic E-state index is 4.26. The summed E-state index contributed by atoms with van der Waals surface area (Å²) >= 11 is 3.63. The van der Waals surface area contributed by atoms with E-state index in [-0.39, 0.29) is 0 Å². The van der Waals surface area contributed by atoms with Crippen molar-refractivity contribution in [1.29, 1.82) is 0 Å². The van der Waals surface area contributed by atoms with Gasteiger partial charge in [-0.1, -0.05) is 6.92 Å². The molecule has 0 amide bonds. The molecular weight excluding hydrogens is 236 g/mol. The van der Waals surface area contributed by atoms with Crippen LogP contribution in [0, 0.1) is 0 Å². The number of nitrogens with one attached hydrogen (secondary N) is 1. The molecule has 0 radical (unpaired) electrons. The van der Waals surface area contributed by atoms with Gasteiger partial charge in [-0.2, -0.15) is 0 Å². The van der Waals surface area contributed by atoms with Gasteiger partial charge in [0.05, 0.1) is 5.01 Å². The molecule has 1 N–H and O–H groups in total. The van der Waals surface area contributed by atoms with E-state index >= 15 is 0 Å². The van der Waals surface area contributed by atoms with Crippen molar-refractivity contribution in [3.05, 3.63) is 38.5 Å². The summed E-state index contributed by atoms with van der Waals surface area (Å²) in [6.45, 7) is 4.19. The third kappa shape index (κ3) is 3.40.